The predicted molar refractivity (Wildman–Crippen MR) is 69.6 cm³/mol. The van der Waals surface area contributed by atoms with E-state index in [9.17, 15) is 9.90 Å². The lowest BCUT2D eigenvalue weighted by atomic mass is 10.00. The fraction of sp³-hybridized carbons (Fsp3) is 0.615. The number of amides is 1. The number of rotatable bonds is 7. The van der Waals surface area contributed by atoms with Gasteiger partial charge < -0.3 is 19.7 Å². The Bertz CT molecular complexity index is 383. The second-order valence-corrected chi connectivity index (χ2v) is 4.61. The molecule has 1 unspecified atom stereocenters. The van der Waals surface area contributed by atoms with E-state index in [2.05, 4.69) is 5.32 Å². The quantitative estimate of drug-likeness (QED) is 0.763. The Balaban J connectivity index is 2.75. The van der Waals surface area contributed by atoms with Gasteiger partial charge in [-0.2, -0.15) is 0 Å². The van der Waals surface area contributed by atoms with E-state index in [1.165, 1.54) is 0 Å². The average Bonchev–Trinajstić information content (AvgIpc) is 2.84. The summed E-state index contributed by atoms with van der Waals surface area (Å²) in [6, 6.07) is 3.59. The zero-order valence-electron chi connectivity index (χ0n) is 11.3. The van der Waals surface area contributed by atoms with E-state index in [1.54, 1.807) is 13.2 Å². The van der Waals surface area contributed by atoms with Crippen molar-refractivity contribution < 1.29 is 14.6 Å². The molecular formula is C13H22N2O3. The number of carbonyl (C=O) groups excluding carboxylic acids is 1. The van der Waals surface area contributed by atoms with Crippen molar-refractivity contribution in [1.29, 1.82) is 0 Å². The van der Waals surface area contributed by atoms with Gasteiger partial charge >= 0.3 is 0 Å². The van der Waals surface area contributed by atoms with Crippen LogP contribution in [0.5, 0.6) is 0 Å². The zero-order valence-corrected chi connectivity index (χ0v) is 11.3. The van der Waals surface area contributed by atoms with E-state index in [0.717, 1.165) is 0 Å². The maximum atomic E-state index is 12.1. The van der Waals surface area contributed by atoms with Gasteiger partial charge in [0, 0.05) is 19.9 Å². The molecular weight excluding hydrogens is 232 g/mol. The molecule has 1 heterocycles. The van der Waals surface area contributed by atoms with Gasteiger partial charge in [0.25, 0.3) is 5.91 Å². The van der Waals surface area contributed by atoms with E-state index in [4.69, 9.17) is 4.74 Å². The maximum absolute atomic E-state index is 12.1. The number of aromatic nitrogens is 1. The fourth-order valence-electron chi connectivity index (χ4n) is 1.58. The van der Waals surface area contributed by atoms with E-state index < -0.39 is 5.54 Å². The van der Waals surface area contributed by atoms with E-state index in [-0.39, 0.29) is 12.5 Å². The summed E-state index contributed by atoms with van der Waals surface area (Å²) in [6.07, 6.45) is 2.52. The Morgan fingerprint density at radius 3 is 2.89 bits per heavy atom. The average molecular weight is 254 g/mol. The lowest BCUT2D eigenvalue weighted by Crippen LogP contribution is -2.48. The van der Waals surface area contributed by atoms with Gasteiger partial charge in [-0.15, -0.1) is 0 Å². The SMILES string of the molecule is CCC(C)(CO)NC(=O)c1cccn1CCOC. The third-order valence-corrected chi connectivity index (χ3v) is 3.14. The Morgan fingerprint density at radius 2 is 2.33 bits per heavy atom. The number of hydrogen-bond acceptors (Lipinski definition) is 3. The van der Waals surface area contributed by atoms with Crippen molar-refractivity contribution in [1.82, 2.24) is 9.88 Å². The van der Waals surface area contributed by atoms with Gasteiger partial charge in [-0.3, -0.25) is 4.79 Å². The van der Waals surface area contributed by atoms with Crippen LogP contribution in [-0.2, 0) is 11.3 Å². The van der Waals surface area contributed by atoms with Crippen molar-refractivity contribution in [3.63, 3.8) is 0 Å². The first-order valence-electron chi connectivity index (χ1n) is 6.13. The first-order chi connectivity index (χ1) is 8.56. The standard InChI is InChI=1S/C13H22N2O3/c1-4-13(2,10-16)14-12(17)11-6-5-7-15(11)8-9-18-3/h5-7,16H,4,8-10H2,1-3H3,(H,14,17). The molecule has 1 amide bonds. The highest BCUT2D eigenvalue weighted by molar-refractivity contribution is 5.93. The van der Waals surface area contributed by atoms with Gasteiger partial charge in [0.15, 0.2) is 0 Å². The summed E-state index contributed by atoms with van der Waals surface area (Å²) >= 11 is 0. The zero-order chi connectivity index (χ0) is 13.6. The number of nitrogens with zero attached hydrogens (tertiary/aromatic N) is 1. The summed E-state index contributed by atoms with van der Waals surface area (Å²) in [6.45, 7) is 4.87. The first kappa shape index (κ1) is 14.7. The smallest absolute Gasteiger partial charge is 0.268 e. The minimum Gasteiger partial charge on any atom is -0.394 e. The number of hydrogen-bond donors (Lipinski definition) is 2. The Morgan fingerprint density at radius 1 is 1.61 bits per heavy atom. The summed E-state index contributed by atoms with van der Waals surface area (Å²) < 4.78 is 6.84. The van der Waals surface area contributed by atoms with Crippen LogP contribution in [0.25, 0.3) is 0 Å². The molecule has 2 N–H and O–H groups in total. The highest BCUT2D eigenvalue weighted by atomic mass is 16.5. The molecule has 0 saturated carbocycles. The lowest BCUT2D eigenvalue weighted by Gasteiger charge is -2.27. The number of aliphatic hydroxyl groups excluding tert-OH is 1. The lowest BCUT2D eigenvalue weighted by molar-refractivity contribution is 0.0835. The van der Waals surface area contributed by atoms with Crippen LogP contribution in [0, 0.1) is 0 Å². The predicted octanol–water partition coefficient (Wildman–Crippen LogP) is 1.03. The molecule has 1 aromatic rings. The molecule has 0 bridgehead atoms. The molecule has 1 aromatic heterocycles. The third-order valence-electron chi connectivity index (χ3n) is 3.14. The molecule has 102 valence electrons. The summed E-state index contributed by atoms with van der Waals surface area (Å²) in [5, 5.41) is 12.2. The molecule has 1 rings (SSSR count). The fourth-order valence-corrected chi connectivity index (χ4v) is 1.58. The topological polar surface area (TPSA) is 63.5 Å². The molecule has 0 aliphatic heterocycles. The number of nitrogens with one attached hydrogen (secondary N) is 1. The van der Waals surface area contributed by atoms with Crippen molar-refractivity contribution in [3.8, 4) is 0 Å². The van der Waals surface area contributed by atoms with Gasteiger partial charge in [-0.05, 0) is 25.5 Å². The second kappa shape index (κ2) is 6.56. The van der Waals surface area contributed by atoms with Crippen molar-refractivity contribution in [2.45, 2.75) is 32.4 Å². The Kier molecular flexibility index (Phi) is 5.37. The number of ether oxygens (including phenoxy) is 1. The van der Waals surface area contributed by atoms with Gasteiger partial charge in [0.05, 0.1) is 18.8 Å². The summed E-state index contributed by atoms with van der Waals surface area (Å²) in [4.78, 5) is 12.1. The largest absolute Gasteiger partial charge is 0.394 e. The number of aliphatic hydroxyl groups is 1. The van der Waals surface area contributed by atoms with Crippen molar-refractivity contribution in [3.05, 3.63) is 24.0 Å². The first-order valence-corrected chi connectivity index (χ1v) is 6.13. The molecule has 0 radical (unpaired) electrons. The van der Waals surface area contributed by atoms with Crippen LogP contribution in [0.1, 0.15) is 30.8 Å². The monoisotopic (exact) mass is 254 g/mol. The van der Waals surface area contributed by atoms with Crippen LogP contribution in [0.4, 0.5) is 0 Å². The molecule has 5 nitrogen and oxygen atoms in total. The van der Waals surface area contributed by atoms with E-state index in [0.29, 0.717) is 25.3 Å². The highest BCUT2D eigenvalue weighted by Gasteiger charge is 2.24. The van der Waals surface area contributed by atoms with Gasteiger partial charge in [-0.1, -0.05) is 6.92 Å². The summed E-state index contributed by atoms with van der Waals surface area (Å²) in [5.41, 5.74) is 0.00754. The minimum atomic E-state index is -0.576. The molecule has 1 atom stereocenters. The van der Waals surface area contributed by atoms with Crippen molar-refractivity contribution in [2.75, 3.05) is 20.3 Å². The van der Waals surface area contributed by atoms with Crippen LogP contribution in [0.15, 0.2) is 18.3 Å². The number of methoxy groups -OCH3 is 1. The molecule has 5 heteroatoms. The van der Waals surface area contributed by atoms with Crippen molar-refractivity contribution in [2.24, 2.45) is 0 Å². The molecule has 0 spiro atoms. The molecule has 0 saturated heterocycles. The van der Waals surface area contributed by atoms with E-state index >= 15 is 0 Å². The summed E-state index contributed by atoms with van der Waals surface area (Å²) in [7, 11) is 1.63. The van der Waals surface area contributed by atoms with Crippen LogP contribution < -0.4 is 5.32 Å². The molecule has 0 aliphatic carbocycles. The van der Waals surface area contributed by atoms with Gasteiger partial charge in [0.1, 0.15) is 5.69 Å². The van der Waals surface area contributed by atoms with Crippen LogP contribution in [-0.4, -0.2) is 41.4 Å². The van der Waals surface area contributed by atoms with Crippen LogP contribution in [0.2, 0.25) is 0 Å². The normalized spacial score (nSPS) is 14.2. The molecule has 0 fully saturated rings. The van der Waals surface area contributed by atoms with Crippen molar-refractivity contribution >= 4 is 5.91 Å². The van der Waals surface area contributed by atoms with E-state index in [1.807, 2.05) is 30.7 Å². The summed E-state index contributed by atoms with van der Waals surface area (Å²) in [5.74, 6) is -0.172. The van der Waals surface area contributed by atoms with Crippen LogP contribution >= 0.6 is 0 Å². The Labute approximate surface area is 108 Å². The van der Waals surface area contributed by atoms with Gasteiger partial charge in [-0.25, -0.2) is 0 Å². The molecule has 0 aromatic carbocycles. The van der Waals surface area contributed by atoms with Gasteiger partial charge in [0.2, 0.25) is 0 Å². The van der Waals surface area contributed by atoms with Crippen LogP contribution in [0.3, 0.4) is 0 Å². The highest BCUT2D eigenvalue weighted by Crippen LogP contribution is 2.10. The second-order valence-electron chi connectivity index (χ2n) is 4.61. The third kappa shape index (κ3) is 3.58. The Hall–Kier alpha value is -1.33. The minimum absolute atomic E-state index is 0.0754. The molecule has 18 heavy (non-hydrogen) atoms. The maximum Gasteiger partial charge on any atom is 0.268 e. The number of carbonyl (C=O) groups is 1. The molecule has 0 aliphatic rings.